The number of benzene rings is 1. The molecule has 1 aliphatic rings. The number of imidazole rings is 1. The van der Waals surface area contributed by atoms with Crippen molar-refractivity contribution >= 4 is 34.5 Å². The highest BCUT2D eigenvalue weighted by molar-refractivity contribution is 7.90. The Balaban J connectivity index is 1.63. The molecule has 1 amide bonds. The van der Waals surface area contributed by atoms with Gasteiger partial charge in [-0.15, -0.1) is 0 Å². The molecule has 0 aliphatic carbocycles. The second-order valence-electron chi connectivity index (χ2n) is 9.87. The molecule has 3 heterocycles. The third-order valence-electron chi connectivity index (χ3n) is 5.93. The van der Waals surface area contributed by atoms with Crippen LogP contribution in [0.15, 0.2) is 52.6 Å². The summed E-state index contributed by atoms with van der Waals surface area (Å²) in [5.41, 5.74) is 0.945. The topological polar surface area (TPSA) is 111 Å². The van der Waals surface area contributed by atoms with Gasteiger partial charge in [-0.3, -0.25) is 4.57 Å². The number of anilines is 1. The van der Waals surface area contributed by atoms with Crippen LogP contribution in [-0.2, 0) is 14.8 Å². The third kappa shape index (κ3) is 5.01. The first-order valence-electron chi connectivity index (χ1n) is 11.7. The number of alkyl carbamates (subject to hydrolysis) is 1. The number of hydrogen-bond donors (Lipinski definition) is 1. The Hall–Kier alpha value is -3.60. The molecule has 3 aromatic rings. The zero-order valence-electron chi connectivity index (χ0n) is 21.2. The fourth-order valence-corrected chi connectivity index (χ4v) is 5.56. The van der Waals surface area contributed by atoms with Crippen molar-refractivity contribution in [1.82, 2.24) is 18.8 Å². The summed E-state index contributed by atoms with van der Waals surface area (Å²) in [6.45, 7) is 14.1. The fourth-order valence-electron chi connectivity index (χ4n) is 4.25. The maximum atomic E-state index is 13.4. The number of rotatable bonds is 6. The van der Waals surface area contributed by atoms with Gasteiger partial charge in [0.15, 0.2) is 5.82 Å². The van der Waals surface area contributed by atoms with Gasteiger partial charge in [0.1, 0.15) is 17.2 Å². The average Bonchev–Trinajstić information content (AvgIpc) is 3.50. The molecule has 192 valence electrons. The van der Waals surface area contributed by atoms with Crippen LogP contribution < -0.4 is 10.2 Å². The number of carbonyl (C=O) groups excluding carboxylic acids is 1. The van der Waals surface area contributed by atoms with E-state index < -0.39 is 21.7 Å². The molecular weight excluding hydrogens is 480 g/mol. The van der Waals surface area contributed by atoms with Crippen LogP contribution in [0.1, 0.15) is 38.6 Å². The highest BCUT2D eigenvalue weighted by Gasteiger charge is 2.30. The molecule has 1 fully saturated rings. The zero-order valence-corrected chi connectivity index (χ0v) is 22.0. The fraction of sp³-hybridized carbons (Fsp3) is 0.400. The van der Waals surface area contributed by atoms with E-state index in [-0.39, 0.29) is 16.8 Å². The van der Waals surface area contributed by atoms with Gasteiger partial charge in [-0.1, -0.05) is 17.7 Å². The van der Waals surface area contributed by atoms with Gasteiger partial charge in [0, 0.05) is 19.3 Å². The van der Waals surface area contributed by atoms with Crippen molar-refractivity contribution in [2.75, 3.05) is 18.0 Å². The number of carbonyl (C=O) groups is 1. The van der Waals surface area contributed by atoms with Gasteiger partial charge in [0.05, 0.1) is 22.8 Å². The number of aliphatic imine (C=N–C) groups is 1. The van der Waals surface area contributed by atoms with Crippen molar-refractivity contribution in [1.29, 1.82) is 0 Å². The zero-order chi connectivity index (χ0) is 26.3. The van der Waals surface area contributed by atoms with Gasteiger partial charge < -0.3 is 15.0 Å². The normalized spacial score (nSPS) is 16.2. The molecule has 1 unspecified atom stereocenters. The lowest BCUT2D eigenvalue weighted by atomic mass is 10.2. The van der Waals surface area contributed by atoms with Crippen LogP contribution in [0.3, 0.4) is 0 Å². The number of hydrogen-bond acceptors (Lipinski definition) is 7. The average molecular weight is 513 g/mol. The van der Waals surface area contributed by atoms with E-state index in [2.05, 4.69) is 26.9 Å². The summed E-state index contributed by atoms with van der Waals surface area (Å²) >= 11 is 0. The number of nitrogens with one attached hydrogen (secondary N) is 1. The molecule has 0 saturated carbocycles. The predicted molar refractivity (Wildman–Crippen MR) is 139 cm³/mol. The number of amides is 1. The number of ether oxygens (including phenoxy) is 1. The molecule has 4 rings (SSSR count). The molecule has 1 aromatic carbocycles. The maximum absolute atomic E-state index is 13.4. The van der Waals surface area contributed by atoms with Crippen molar-refractivity contribution < 1.29 is 17.9 Å². The van der Waals surface area contributed by atoms with Crippen molar-refractivity contribution in [2.45, 2.75) is 57.6 Å². The van der Waals surface area contributed by atoms with Crippen LogP contribution in [0.4, 0.5) is 16.4 Å². The van der Waals surface area contributed by atoms with Crippen LogP contribution in [0.2, 0.25) is 0 Å². The van der Waals surface area contributed by atoms with E-state index in [1.54, 1.807) is 36.5 Å². The van der Waals surface area contributed by atoms with E-state index in [0.29, 0.717) is 24.6 Å². The molecule has 2 aromatic heterocycles. The van der Waals surface area contributed by atoms with Gasteiger partial charge in [-0.2, -0.15) is 0 Å². The van der Waals surface area contributed by atoms with Crippen molar-refractivity contribution in [3.8, 4) is 5.69 Å². The Morgan fingerprint density at radius 2 is 1.89 bits per heavy atom. The Morgan fingerprint density at radius 1 is 1.19 bits per heavy atom. The summed E-state index contributed by atoms with van der Waals surface area (Å²) in [5, 5.41) is 2.93. The maximum Gasteiger partial charge on any atom is 0.407 e. The highest BCUT2D eigenvalue weighted by Crippen LogP contribution is 2.34. The molecule has 0 bridgehead atoms. The molecule has 1 atom stereocenters. The Bertz CT molecular complexity index is 1380. The lowest BCUT2D eigenvalue weighted by Crippen LogP contribution is -2.40. The molecule has 1 aliphatic heterocycles. The summed E-state index contributed by atoms with van der Waals surface area (Å²) < 4.78 is 35.1. The van der Waals surface area contributed by atoms with Crippen molar-refractivity contribution in [3.05, 3.63) is 54.1 Å². The van der Waals surface area contributed by atoms with E-state index in [9.17, 15) is 13.2 Å². The second-order valence-corrected chi connectivity index (χ2v) is 11.7. The Morgan fingerprint density at radius 3 is 2.53 bits per heavy atom. The minimum absolute atomic E-state index is 0.0907. The van der Waals surface area contributed by atoms with Crippen molar-refractivity contribution in [3.63, 3.8) is 0 Å². The van der Waals surface area contributed by atoms with Crippen LogP contribution in [0.25, 0.3) is 5.69 Å². The summed E-state index contributed by atoms with van der Waals surface area (Å²) in [6, 6.07) is 8.27. The molecule has 36 heavy (non-hydrogen) atoms. The molecule has 10 nitrogen and oxygen atoms in total. The van der Waals surface area contributed by atoms with Gasteiger partial charge in [0.2, 0.25) is 0 Å². The summed E-state index contributed by atoms with van der Waals surface area (Å²) in [6.07, 6.45) is 3.51. The minimum Gasteiger partial charge on any atom is -0.444 e. The number of aromatic nitrogens is 3. The van der Waals surface area contributed by atoms with Gasteiger partial charge >= 0.3 is 6.09 Å². The van der Waals surface area contributed by atoms with Crippen LogP contribution in [-0.4, -0.2) is 59.5 Å². The lowest BCUT2D eigenvalue weighted by Gasteiger charge is -2.23. The summed E-state index contributed by atoms with van der Waals surface area (Å²) in [4.78, 5) is 23.0. The number of aryl methyl sites for hydroxylation is 2. The molecule has 0 radical (unpaired) electrons. The standard InChI is InChI=1S/C25H32N6O4S/c1-17-7-9-20(10-8-17)36(33,34)30-14-12-21(23(30)26-6)31-18(2)27-15-22(31)29-13-11-19(16-29)28-24(32)35-25(3,4)5/h7-10,12,14-15,19H,6,11,13,16H2,1-5H3,(H,28,32). The van der Waals surface area contributed by atoms with Crippen LogP contribution >= 0.6 is 0 Å². The summed E-state index contributed by atoms with van der Waals surface area (Å²) in [5.74, 6) is 1.64. The minimum atomic E-state index is -3.88. The van der Waals surface area contributed by atoms with E-state index >= 15 is 0 Å². The second kappa shape index (κ2) is 9.45. The molecule has 11 heteroatoms. The van der Waals surface area contributed by atoms with Crippen LogP contribution in [0, 0.1) is 13.8 Å². The smallest absolute Gasteiger partial charge is 0.407 e. The van der Waals surface area contributed by atoms with Gasteiger partial charge in [-0.25, -0.2) is 27.2 Å². The highest BCUT2D eigenvalue weighted by atomic mass is 32.2. The third-order valence-corrected chi connectivity index (χ3v) is 7.61. The predicted octanol–water partition coefficient (Wildman–Crippen LogP) is 3.96. The van der Waals surface area contributed by atoms with Gasteiger partial charge in [-0.05, 0) is 66.0 Å². The SMILES string of the molecule is C=Nc1c(-n2c(N3CCC(NC(=O)OC(C)(C)C)C3)cnc2C)ccn1S(=O)(=O)c1ccc(C)cc1. The molecule has 1 N–H and O–H groups in total. The molecule has 0 spiro atoms. The monoisotopic (exact) mass is 512 g/mol. The quantitative estimate of drug-likeness (QED) is 0.501. The first-order valence-corrected chi connectivity index (χ1v) is 13.1. The first kappa shape index (κ1) is 25.5. The summed E-state index contributed by atoms with van der Waals surface area (Å²) in [7, 11) is -3.88. The van der Waals surface area contributed by atoms with Crippen LogP contribution in [0.5, 0.6) is 0 Å². The van der Waals surface area contributed by atoms with E-state index in [0.717, 1.165) is 21.8 Å². The van der Waals surface area contributed by atoms with E-state index in [1.807, 2.05) is 39.2 Å². The number of nitrogens with zero attached hydrogens (tertiary/aromatic N) is 5. The van der Waals surface area contributed by atoms with Gasteiger partial charge in [0.25, 0.3) is 10.0 Å². The lowest BCUT2D eigenvalue weighted by molar-refractivity contribution is 0.0509. The largest absolute Gasteiger partial charge is 0.444 e. The van der Waals surface area contributed by atoms with E-state index in [4.69, 9.17) is 4.74 Å². The first-order chi connectivity index (χ1) is 16.9. The Labute approximate surface area is 211 Å². The van der Waals surface area contributed by atoms with E-state index in [1.165, 1.54) is 6.20 Å². The molecular formula is C25H32N6O4S. The Kier molecular flexibility index (Phi) is 6.70. The van der Waals surface area contributed by atoms with Crippen molar-refractivity contribution in [2.24, 2.45) is 4.99 Å². The molecule has 1 saturated heterocycles.